The third-order valence-electron chi connectivity index (χ3n) is 15.1. The molecular weight excluding hydrogens is 1210 g/mol. The molecule has 18 aromatic rings. The monoisotopic (exact) mass is 1330 g/mol. The van der Waals surface area contributed by atoms with Gasteiger partial charge < -0.3 is 18.9 Å². The smallest absolute Gasteiger partial charge is 0.0651 e. The van der Waals surface area contributed by atoms with E-state index in [1.54, 1.807) is 18.2 Å². The van der Waals surface area contributed by atoms with Gasteiger partial charge in [-0.15, -0.1) is 0 Å². The second-order valence-electron chi connectivity index (χ2n) is 20.9. The lowest BCUT2D eigenvalue weighted by molar-refractivity contribution is 1.18. The highest BCUT2D eigenvalue weighted by Crippen LogP contribution is 2.43. The van der Waals surface area contributed by atoms with Gasteiger partial charge in [-0.3, -0.25) is 0 Å². The number of hydrogen-bond donors (Lipinski definition) is 0. The zero-order valence-corrected chi connectivity index (χ0v) is 50.7. The highest BCUT2D eigenvalue weighted by Gasteiger charge is 2.20. The number of rotatable bonds is 14. The maximum Gasteiger partial charge on any atom is 0.0651 e. The molecule has 0 unspecified atom stereocenters. The van der Waals surface area contributed by atoms with E-state index in [2.05, 4.69) is 0 Å². The van der Waals surface area contributed by atoms with Crippen LogP contribution in [0.2, 0.25) is 0 Å². The average Bonchev–Trinajstić information content (AvgIpc) is 1.48. The number of anilines is 6. The first-order valence-electron chi connectivity index (χ1n) is 57.7. The van der Waals surface area contributed by atoms with Gasteiger partial charge in [0.25, 0.3) is 0 Å². The van der Waals surface area contributed by atoms with E-state index in [0.717, 1.165) is 16.6 Å². The molecule has 0 amide bonds. The highest BCUT2D eigenvalue weighted by atomic mass is 15.1. The predicted octanol–water partition coefficient (Wildman–Crippen LogP) is 26.5. The predicted molar refractivity (Wildman–Crippen MR) is 424 cm³/mol. The quantitative estimate of drug-likeness (QED) is 0.108. The summed E-state index contributed by atoms with van der Waals surface area (Å²) in [6.45, 7) is 0. The van der Waals surface area contributed by atoms with Gasteiger partial charge in [-0.05, 0) is 200 Å². The van der Waals surface area contributed by atoms with Crippen molar-refractivity contribution in [3.05, 3.63) is 411 Å². The van der Waals surface area contributed by atoms with Crippen LogP contribution >= 0.6 is 0 Å². The molecule has 0 bridgehead atoms. The normalized spacial score (nSPS) is 19.0. The Morgan fingerprint density at radius 2 is 0.550 bits per heavy atom. The van der Waals surface area contributed by atoms with Gasteiger partial charge >= 0.3 is 0 Å². The van der Waals surface area contributed by atoms with Gasteiger partial charge in [0.1, 0.15) is 0 Å². The first kappa shape index (κ1) is 25.3. The summed E-state index contributed by atoms with van der Waals surface area (Å²) < 4.78 is 502. The lowest BCUT2D eigenvalue weighted by Crippen LogP contribution is -2.10. The van der Waals surface area contributed by atoms with Crippen LogP contribution in [-0.4, -0.2) is 9.13 Å². The highest BCUT2D eigenvalue weighted by molar-refractivity contribution is 6.12. The maximum absolute atomic E-state index is 9.95. The van der Waals surface area contributed by atoms with Crippen molar-refractivity contribution in [2.75, 3.05) is 9.80 Å². The second kappa shape index (κ2) is 27.1. The molecular formula is C96H68N4. The first-order valence-corrected chi connectivity index (χ1v) is 29.7. The van der Waals surface area contributed by atoms with Gasteiger partial charge in [0.15, 0.2) is 0 Å². The number of aromatic nitrogens is 2. The van der Waals surface area contributed by atoms with E-state index in [4.69, 9.17) is 39.8 Å². The summed E-state index contributed by atoms with van der Waals surface area (Å²) in [5.41, 5.74) is -15.3. The zero-order chi connectivity index (χ0) is 115. The third-order valence-corrected chi connectivity index (χ3v) is 15.1. The summed E-state index contributed by atoms with van der Waals surface area (Å²) in [6.07, 6.45) is 0. The van der Waals surface area contributed by atoms with Crippen LogP contribution < -0.4 is 9.80 Å². The first-order chi connectivity index (χ1) is 72.9. The SMILES string of the molecule is [2H]c1c([2H])c([2H])c(-c2c([2H])c([2H])c(N(c3c([2H])c([2H])c(-c4c([2H])c([2H])c([2H])c([2H])c4[2H])c([2H])c3[2H])c3c([2H])c([2H])c([2H])c(-c4c([2H])c([2H])c5c(c4[2H])c4c([2H])c([2H])c([2H])c([2H])c4n5-c4c([2H])c([2H])c([2H])c([2H])c4[2H])c3[2H])c([2H])c2[2H])c([2H])c1[2H].[2H]c1c([2H])c([2H])c(-c2c([2H])c([2H])c(N(c3c([2H])c([2H])c(-c4c([2H])c([2H])c([2H])c([2H])c4[2H])c([2H])c3[2H])c3c([2H])c([2H])c([2H])c(-c4ccc5c(c4)c4ccccc4n5-c4ccccc4)c3[2H])c([2H])c2[2H])c([2H])c1[2H]. The lowest BCUT2D eigenvalue weighted by atomic mass is 10.0. The Morgan fingerprint density at radius 1 is 0.190 bits per heavy atom. The summed E-state index contributed by atoms with van der Waals surface area (Å²) in [4.78, 5) is 0.781. The number of benzene rings is 16. The Morgan fingerprint density at radius 3 is 1.04 bits per heavy atom. The topological polar surface area (TPSA) is 16.3 Å². The van der Waals surface area contributed by atoms with E-state index in [9.17, 15) is 37.0 Å². The largest absolute Gasteiger partial charge is 0.310 e. The maximum atomic E-state index is 9.95. The van der Waals surface area contributed by atoms with E-state index in [-0.39, 0.29) is 16.0 Å². The summed E-state index contributed by atoms with van der Waals surface area (Å²) in [5.74, 6) is 0. The van der Waals surface area contributed by atoms with Crippen LogP contribution in [-0.2, 0) is 0 Å². The molecule has 0 fully saturated rings. The van der Waals surface area contributed by atoms with Crippen molar-refractivity contribution in [3.63, 3.8) is 0 Å². The molecule has 0 radical (unpaired) electrons. The summed E-state index contributed by atoms with van der Waals surface area (Å²) in [5, 5.41) is -0.0103. The van der Waals surface area contributed by atoms with Crippen LogP contribution in [0.5, 0.6) is 0 Å². The van der Waals surface area contributed by atoms with Crippen LogP contribution in [0.25, 0.3) is 122 Å². The van der Waals surface area contributed by atoms with Gasteiger partial charge in [-0.25, -0.2) is 0 Å². The van der Waals surface area contributed by atoms with Crippen molar-refractivity contribution in [2.24, 2.45) is 0 Å². The standard InChI is InChI=1S/2C48H34N2/c2*1-4-13-35(14-5-1)37-23-28-42(29-24-37)49(43-30-25-38(26-31-43)36-15-6-2-7-16-36)44-20-12-17-39(33-44)40-27-32-48-46(34-40)45-21-10-11-22-47(45)50(48)41-18-8-3-9-19-41/h2*1-34H/i1D,2D,3D,4D,5D,6D,7D,8D,9D,10D,11D,12D,13D,14D,15D,16D,17D,18D,19D,20D,21D,22D,23D,24D,25D,26D,27D,28D,29D,30D,31D,32D,33D,34D;1D,2D,4D,5D,6D,7D,12D,13D,14D,15D,16D,17D,20D,23D,24D,25D,26D,28D,29D,30D,31D,33D. The molecule has 4 heteroatoms. The van der Waals surface area contributed by atoms with Crippen LogP contribution in [0.15, 0.2) is 411 Å². The van der Waals surface area contributed by atoms with E-state index in [0.29, 0.717) is 20.4 Å². The fraction of sp³-hybridized carbons (Fsp3) is 0. The van der Waals surface area contributed by atoms with E-state index >= 15 is 0 Å². The molecule has 18 rings (SSSR count). The van der Waals surface area contributed by atoms with Gasteiger partial charge in [-0.1, -0.05) is 278 Å². The van der Waals surface area contributed by atoms with Gasteiger partial charge in [-0.2, -0.15) is 0 Å². The number of hydrogen-bond acceptors (Lipinski definition) is 2. The van der Waals surface area contributed by atoms with Crippen molar-refractivity contribution in [3.8, 4) is 78.1 Å². The van der Waals surface area contributed by atoms with Gasteiger partial charge in [0.05, 0.1) is 98.8 Å². The van der Waals surface area contributed by atoms with Crippen molar-refractivity contribution in [1.29, 1.82) is 0 Å². The Hall–Kier alpha value is -13.3. The van der Waals surface area contributed by atoms with E-state index in [1.165, 1.54) is 0 Å². The van der Waals surface area contributed by atoms with E-state index in [1.807, 2.05) is 59.2 Å². The van der Waals surface area contributed by atoms with Crippen molar-refractivity contribution in [2.45, 2.75) is 0 Å². The Labute approximate surface area is 662 Å². The van der Waals surface area contributed by atoms with Crippen molar-refractivity contribution >= 4 is 77.7 Å². The number of fused-ring (bicyclic) bond motifs is 6. The molecule has 0 spiro atoms. The van der Waals surface area contributed by atoms with Gasteiger partial charge in [0, 0.05) is 67.0 Å². The molecule has 2 heterocycles. The Balaban J connectivity index is 0.000000213. The average molecular weight is 1330 g/mol. The molecule has 0 N–H and O–H groups in total. The molecule has 472 valence electrons. The van der Waals surface area contributed by atoms with Crippen LogP contribution in [0.3, 0.4) is 0 Å². The van der Waals surface area contributed by atoms with Crippen LogP contribution in [0.1, 0.15) is 76.8 Å². The van der Waals surface area contributed by atoms with Crippen LogP contribution in [0, 0.1) is 0 Å². The Bertz CT molecular complexity index is 8930. The fourth-order valence-electron chi connectivity index (χ4n) is 10.7. The fourth-order valence-corrected chi connectivity index (χ4v) is 10.7. The minimum absolute atomic E-state index is 0.148. The Kier molecular flexibility index (Phi) is 6.85. The number of para-hydroxylation sites is 4. The summed E-state index contributed by atoms with van der Waals surface area (Å²) in [7, 11) is 0. The molecule has 2 aromatic heterocycles. The minimum atomic E-state index is -1.36. The molecule has 0 aliphatic carbocycles. The minimum Gasteiger partial charge on any atom is -0.310 e. The molecule has 0 aliphatic heterocycles. The van der Waals surface area contributed by atoms with Gasteiger partial charge in [0.2, 0.25) is 0 Å². The molecule has 0 aliphatic rings. The molecule has 0 saturated carbocycles. The van der Waals surface area contributed by atoms with Crippen molar-refractivity contribution in [1.82, 2.24) is 9.13 Å². The molecule has 0 saturated heterocycles. The summed E-state index contributed by atoms with van der Waals surface area (Å²) >= 11 is 0. The molecule has 16 aromatic carbocycles. The number of nitrogens with zero attached hydrogens (tertiary/aromatic N) is 4. The third kappa shape index (κ3) is 12.0. The summed E-state index contributed by atoms with van der Waals surface area (Å²) in [6, 6.07) is -35.8. The molecule has 4 nitrogen and oxygen atoms in total. The zero-order valence-electron chi connectivity index (χ0n) is 107. The lowest BCUT2D eigenvalue weighted by Gasteiger charge is -2.26. The second-order valence-corrected chi connectivity index (χ2v) is 20.9. The molecule has 0 atom stereocenters. The van der Waals surface area contributed by atoms with Crippen LogP contribution in [0.4, 0.5) is 34.1 Å². The van der Waals surface area contributed by atoms with Crippen molar-refractivity contribution < 1.29 is 76.8 Å². The molecule has 100 heavy (non-hydrogen) atoms. The van der Waals surface area contributed by atoms with E-state index < -0.39 is 456 Å².